The molecular weight excluding hydrogens is 342 g/mol. The molecule has 0 aliphatic carbocycles. The molecule has 2 aromatic rings. The fourth-order valence-electron chi connectivity index (χ4n) is 3.12. The molecule has 6 nitrogen and oxygen atoms in total. The Hall–Kier alpha value is -3.15. The van der Waals surface area contributed by atoms with Crippen LogP contribution in [0.3, 0.4) is 0 Å². The summed E-state index contributed by atoms with van der Waals surface area (Å²) in [6, 6.07) is 18.8. The zero-order chi connectivity index (χ0) is 19.1. The lowest BCUT2D eigenvalue weighted by Gasteiger charge is -2.16. The van der Waals surface area contributed by atoms with Crippen LogP contribution in [-0.4, -0.2) is 37.4 Å². The minimum absolute atomic E-state index is 0.0440. The van der Waals surface area contributed by atoms with Crippen molar-refractivity contribution in [2.24, 2.45) is 5.92 Å². The van der Waals surface area contributed by atoms with Crippen molar-refractivity contribution < 1.29 is 14.4 Å². The third-order valence-corrected chi connectivity index (χ3v) is 4.52. The molecule has 3 amide bonds. The molecule has 0 radical (unpaired) electrons. The van der Waals surface area contributed by atoms with Crippen LogP contribution in [0.2, 0.25) is 0 Å². The number of para-hydroxylation sites is 1. The van der Waals surface area contributed by atoms with E-state index in [1.165, 1.54) is 0 Å². The molecule has 1 atom stereocenters. The van der Waals surface area contributed by atoms with E-state index in [0.717, 1.165) is 11.3 Å². The molecule has 0 saturated carbocycles. The van der Waals surface area contributed by atoms with Gasteiger partial charge in [-0.2, -0.15) is 0 Å². The quantitative estimate of drug-likeness (QED) is 0.730. The number of nitrogens with one attached hydrogen (secondary N) is 2. The first kappa shape index (κ1) is 18.6. The van der Waals surface area contributed by atoms with E-state index in [0.29, 0.717) is 26.1 Å². The van der Waals surface area contributed by atoms with Crippen molar-refractivity contribution in [2.75, 3.05) is 24.5 Å². The van der Waals surface area contributed by atoms with E-state index in [1.54, 1.807) is 4.90 Å². The van der Waals surface area contributed by atoms with Gasteiger partial charge < -0.3 is 15.5 Å². The van der Waals surface area contributed by atoms with Gasteiger partial charge in [-0.25, -0.2) is 0 Å². The summed E-state index contributed by atoms with van der Waals surface area (Å²) >= 11 is 0. The lowest BCUT2D eigenvalue weighted by molar-refractivity contribution is -0.126. The van der Waals surface area contributed by atoms with Gasteiger partial charge in [-0.1, -0.05) is 48.5 Å². The summed E-state index contributed by atoms with van der Waals surface area (Å²) in [7, 11) is 0. The smallest absolute Gasteiger partial charge is 0.227 e. The van der Waals surface area contributed by atoms with Gasteiger partial charge in [0.2, 0.25) is 17.7 Å². The molecule has 140 valence electrons. The van der Waals surface area contributed by atoms with Crippen molar-refractivity contribution >= 4 is 23.4 Å². The monoisotopic (exact) mass is 365 g/mol. The molecule has 0 unspecified atom stereocenters. The summed E-state index contributed by atoms with van der Waals surface area (Å²) in [5.41, 5.74) is 1.76. The normalized spacial score (nSPS) is 16.2. The van der Waals surface area contributed by atoms with Gasteiger partial charge in [0.1, 0.15) is 0 Å². The maximum Gasteiger partial charge on any atom is 0.227 e. The van der Waals surface area contributed by atoms with Crippen molar-refractivity contribution in [3.63, 3.8) is 0 Å². The molecule has 0 bridgehead atoms. The Bertz CT molecular complexity index is 793. The Morgan fingerprint density at radius 2 is 1.56 bits per heavy atom. The predicted molar refractivity (Wildman–Crippen MR) is 103 cm³/mol. The van der Waals surface area contributed by atoms with E-state index in [2.05, 4.69) is 10.6 Å². The van der Waals surface area contributed by atoms with Gasteiger partial charge in [-0.05, 0) is 17.7 Å². The number of hydrogen-bond donors (Lipinski definition) is 2. The molecule has 1 fully saturated rings. The van der Waals surface area contributed by atoms with Crippen LogP contribution < -0.4 is 15.5 Å². The highest BCUT2D eigenvalue weighted by molar-refractivity contribution is 6.00. The van der Waals surface area contributed by atoms with E-state index >= 15 is 0 Å². The molecular formula is C21H23N3O3. The molecule has 27 heavy (non-hydrogen) atoms. The van der Waals surface area contributed by atoms with E-state index in [1.807, 2.05) is 60.7 Å². The first-order valence-corrected chi connectivity index (χ1v) is 9.07. The highest BCUT2D eigenvalue weighted by atomic mass is 16.2. The summed E-state index contributed by atoms with van der Waals surface area (Å²) in [6.07, 6.45) is 0.527. The van der Waals surface area contributed by atoms with Gasteiger partial charge in [-0.15, -0.1) is 0 Å². The zero-order valence-electron chi connectivity index (χ0n) is 15.1. The van der Waals surface area contributed by atoms with Crippen LogP contribution in [0.25, 0.3) is 0 Å². The first-order chi connectivity index (χ1) is 13.1. The topological polar surface area (TPSA) is 78.5 Å². The largest absolute Gasteiger partial charge is 0.354 e. The van der Waals surface area contributed by atoms with Crippen molar-refractivity contribution in [2.45, 2.75) is 12.8 Å². The van der Waals surface area contributed by atoms with Gasteiger partial charge in [0.05, 0.1) is 12.3 Å². The van der Waals surface area contributed by atoms with Crippen LogP contribution in [0.15, 0.2) is 60.7 Å². The average molecular weight is 365 g/mol. The van der Waals surface area contributed by atoms with Crippen LogP contribution in [0, 0.1) is 5.92 Å². The Kier molecular flexibility index (Phi) is 6.20. The highest BCUT2D eigenvalue weighted by Crippen LogP contribution is 2.24. The van der Waals surface area contributed by atoms with Crippen LogP contribution in [0.1, 0.15) is 12.0 Å². The van der Waals surface area contributed by atoms with Crippen molar-refractivity contribution in [1.29, 1.82) is 0 Å². The zero-order valence-corrected chi connectivity index (χ0v) is 15.1. The van der Waals surface area contributed by atoms with Gasteiger partial charge in [0, 0.05) is 31.7 Å². The summed E-state index contributed by atoms with van der Waals surface area (Å²) in [6.45, 7) is 1.09. The number of carbonyl (C=O) groups is 3. The number of benzene rings is 2. The SMILES string of the molecule is O=C(Cc1ccccc1)NCCNC(=O)[C@@H]1CC(=O)N(c2ccccc2)C1. The van der Waals surface area contributed by atoms with Gasteiger partial charge >= 0.3 is 0 Å². The number of nitrogens with zero attached hydrogens (tertiary/aromatic N) is 1. The molecule has 3 rings (SSSR count). The van der Waals surface area contributed by atoms with Crippen molar-refractivity contribution in [3.05, 3.63) is 66.2 Å². The summed E-state index contributed by atoms with van der Waals surface area (Å²) in [5.74, 6) is -0.643. The highest BCUT2D eigenvalue weighted by Gasteiger charge is 2.34. The van der Waals surface area contributed by atoms with E-state index < -0.39 is 0 Å². The fourth-order valence-corrected chi connectivity index (χ4v) is 3.12. The number of rotatable bonds is 7. The number of amides is 3. The lowest BCUT2D eigenvalue weighted by Crippen LogP contribution is -2.38. The third-order valence-electron chi connectivity index (χ3n) is 4.52. The van der Waals surface area contributed by atoms with E-state index in [9.17, 15) is 14.4 Å². The number of hydrogen-bond acceptors (Lipinski definition) is 3. The lowest BCUT2D eigenvalue weighted by atomic mass is 10.1. The Balaban J connectivity index is 1.38. The maximum atomic E-state index is 12.3. The Labute approximate surface area is 158 Å². The van der Waals surface area contributed by atoms with Crippen LogP contribution in [0.5, 0.6) is 0 Å². The molecule has 0 spiro atoms. The Morgan fingerprint density at radius 1 is 0.926 bits per heavy atom. The number of carbonyl (C=O) groups excluding carboxylic acids is 3. The van der Waals surface area contributed by atoms with Crippen molar-refractivity contribution in [1.82, 2.24) is 10.6 Å². The van der Waals surface area contributed by atoms with Gasteiger partial charge in [0.15, 0.2) is 0 Å². The minimum atomic E-state index is -0.363. The second kappa shape index (κ2) is 8.98. The molecule has 2 aromatic carbocycles. The molecule has 6 heteroatoms. The second-order valence-corrected chi connectivity index (χ2v) is 6.54. The predicted octanol–water partition coefficient (Wildman–Crippen LogP) is 1.51. The van der Waals surface area contributed by atoms with Gasteiger partial charge in [-0.3, -0.25) is 14.4 Å². The first-order valence-electron chi connectivity index (χ1n) is 9.07. The van der Waals surface area contributed by atoms with Crippen LogP contribution in [-0.2, 0) is 20.8 Å². The third kappa shape index (κ3) is 5.17. The fraction of sp³-hybridized carbons (Fsp3) is 0.286. The molecule has 1 heterocycles. The molecule has 2 N–H and O–H groups in total. The molecule has 0 aromatic heterocycles. The standard InChI is InChI=1S/C21H23N3O3/c25-19(13-16-7-3-1-4-8-16)22-11-12-23-21(27)17-14-20(26)24(15-17)18-9-5-2-6-10-18/h1-10,17H,11-15H2,(H,22,25)(H,23,27)/t17-/m1/s1. The molecule has 1 aliphatic rings. The summed E-state index contributed by atoms with van der Waals surface area (Å²) in [5, 5.41) is 5.59. The summed E-state index contributed by atoms with van der Waals surface area (Å²) in [4.78, 5) is 38.0. The van der Waals surface area contributed by atoms with Crippen LogP contribution >= 0.6 is 0 Å². The van der Waals surface area contributed by atoms with Crippen LogP contribution in [0.4, 0.5) is 5.69 Å². The van der Waals surface area contributed by atoms with E-state index in [-0.39, 0.29) is 30.1 Å². The van der Waals surface area contributed by atoms with E-state index in [4.69, 9.17) is 0 Å². The molecule has 1 aliphatic heterocycles. The second-order valence-electron chi connectivity index (χ2n) is 6.54. The van der Waals surface area contributed by atoms with Crippen molar-refractivity contribution in [3.8, 4) is 0 Å². The van der Waals surface area contributed by atoms with Gasteiger partial charge in [0.25, 0.3) is 0 Å². The molecule has 1 saturated heterocycles. The average Bonchev–Trinajstić information content (AvgIpc) is 3.08. The summed E-state index contributed by atoms with van der Waals surface area (Å²) < 4.78 is 0. The number of anilines is 1. The maximum absolute atomic E-state index is 12.3. The minimum Gasteiger partial charge on any atom is -0.354 e. The Morgan fingerprint density at radius 3 is 2.26 bits per heavy atom.